The van der Waals surface area contributed by atoms with E-state index in [2.05, 4.69) is 9.72 Å². The van der Waals surface area contributed by atoms with Gasteiger partial charge in [-0.25, -0.2) is 9.59 Å². The Bertz CT molecular complexity index is 1460. The van der Waals surface area contributed by atoms with Crippen molar-refractivity contribution in [1.29, 1.82) is 0 Å². The molecular formula is C24H14F3NO7. The Kier molecular flexibility index (Phi) is 6.24. The predicted molar refractivity (Wildman–Crippen MR) is 115 cm³/mol. The molecule has 0 spiro atoms. The number of fused-ring (bicyclic) bond motifs is 1. The van der Waals surface area contributed by atoms with Crippen LogP contribution in [0.1, 0.15) is 26.5 Å². The Morgan fingerprint density at radius 2 is 1.66 bits per heavy atom. The van der Waals surface area contributed by atoms with E-state index in [1.807, 2.05) is 0 Å². The van der Waals surface area contributed by atoms with Gasteiger partial charge < -0.3 is 18.6 Å². The van der Waals surface area contributed by atoms with Crippen molar-refractivity contribution >= 4 is 22.9 Å². The minimum atomic E-state index is -5.09. The number of esters is 2. The summed E-state index contributed by atoms with van der Waals surface area (Å²) in [5.41, 5.74) is -1.31. The van der Waals surface area contributed by atoms with Crippen LogP contribution in [-0.4, -0.2) is 24.0 Å². The van der Waals surface area contributed by atoms with Crippen LogP contribution >= 0.6 is 0 Å². The van der Waals surface area contributed by atoms with E-state index in [0.29, 0.717) is 0 Å². The molecule has 0 bridgehead atoms. The van der Waals surface area contributed by atoms with Crippen molar-refractivity contribution in [2.75, 3.05) is 7.11 Å². The molecule has 0 radical (unpaired) electrons. The summed E-state index contributed by atoms with van der Waals surface area (Å²) < 4.78 is 61.1. The van der Waals surface area contributed by atoms with Crippen molar-refractivity contribution in [3.05, 3.63) is 94.1 Å². The number of aromatic nitrogens is 1. The molecule has 2 aromatic heterocycles. The summed E-state index contributed by atoms with van der Waals surface area (Å²) in [5, 5.41) is -0.236. The summed E-state index contributed by atoms with van der Waals surface area (Å²) in [6.07, 6.45) is -2.38. The first kappa shape index (κ1) is 23.5. The Balaban J connectivity index is 1.72. The van der Waals surface area contributed by atoms with Gasteiger partial charge in [0.1, 0.15) is 17.1 Å². The third-order valence-electron chi connectivity index (χ3n) is 4.68. The van der Waals surface area contributed by atoms with Crippen molar-refractivity contribution in [2.24, 2.45) is 0 Å². The molecule has 4 rings (SSSR count). The quantitative estimate of drug-likeness (QED) is 0.287. The molecule has 178 valence electrons. The lowest BCUT2D eigenvalue weighted by Gasteiger charge is -2.14. The maximum atomic E-state index is 13.7. The van der Waals surface area contributed by atoms with Crippen molar-refractivity contribution in [3.8, 4) is 17.2 Å². The van der Waals surface area contributed by atoms with Crippen LogP contribution in [0, 0.1) is 0 Å². The molecule has 8 nitrogen and oxygen atoms in total. The Hall–Kier alpha value is -4.67. The van der Waals surface area contributed by atoms with Crippen molar-refractivity contribution in [1.82, 2.24) is 4.98 Å². The predicted octanol–water partition coefficient (Wildman–Crippen LogP) is 5.00. The second-order valence-corrected chi connectivity index (χ2v) is 6.99. The first-order valence-corrected chi connectivity index (χ1v) is 9.84. The number of halogens is 3. The van der Waals surface area contributed by atoms with Gasteiger partial charge in [-0.3, -0.25) is 9.78 Å². The number of alkyl halides is 3. The van der Waals surface area contributed by atoms with Crippen LogP contribution < -0.4 is 14.9 Å². The standard InChI is InChI=1S/C24H14F3NO7/c1-32-22(30)13-4-6-15(7-5-13)33-20-19(29)17-9-8-16(11-18(17)35-21(20)24(25,26)27)34-23(31)14-3-2-10-28-12-14/h2-12H,1H3. The zero-order chi connectivity index (χ0) is 25.2. The minimum absolute atomic E-state index is 0.118. The zero-order valence-corrected chi connectivity index (χ0v) is 17.8. The molecule has 11 heteroatoms. The average molecular weight is 485 g/mol. The van der Waals surface area contributed by atoms with Gasteiger partial charge in [0.25, 0.3) is 5.76 Å². The molecule has 2 aromatic carbocycles. The number of hydrogen-bond donors (Lipinski definition) is 0. The summed E-state index contributed by atoms with van der Waals surface area (Å²) in [6.45, 7) is 0. The smallest absolute Gasteiger partial charge is 0.453 e. The van der Waals surface area contributed by atoms with Crippen LogP contribution in [0.3, 0.4) is 0 Å². The summed E-state index contributed by atoms with van der Waals surface area (Å²) in [6, 6.07) is 11.3. The van der Waals surface area contributed by atoms with E-state index in [-0.39, 0.29) is 28.0 Å². The Morgan fingerprint density at radius 1 is 0.943 bits per heavy atom. The largest absolute Gasteiger partial charge is 0.465 e. The number of hydrogen-bond acceptors (Lipinski definition) is 8. The van der Waals surface area contributed by atoms with E-state index >= 15 is 0 Å². The van der Waals surface area contributed by atoms with Gasteiger partial charge >= 0.3 is 18.1 Å². The number of ether oxygens (including phenoxy) is 3. The second kappa shape index (κ2) is 9.29. The SMILES string of the molecule is COC(=O)c1ccc(Oc2c(C(F)(F)F)oc3cc(OC(=O)c4cccnc4)ccc3c2=O)cc1. The number of carbonyl (C=O) groups excluding carboxylic acids is 2. The second-order valence-electron chi connectivity index (χ2n) is 6.99. The van der Waals surface area contributed by atoms with E-state index in [4.69, 9.17) is 13.9 Å². The molecule has 0 aliphatic heterocycles. The van der Waals surface area contributed by atoms with Gasteiger partial charge in [-0.15, -0.1) is 0 Å². The van der Waals surface area contributed by atoms with Crippen LogP contribution in [0.15, 0.2) is 76.2 Å². The van der Waals surface area contributed by atoms with Crippen molar-refractivity contribution in [2.45, 2.75) is 6.18 Å². The van der Waals surface area contributed by atoms with Crippen molar-refractivity contribution < 1.29 is 41.4 Å². The summed E-state index contributed by atoms with van der Waals surface area (Å²) in [7, 11) is 1.17. The molecule has 0 fully saturated rings. The highest BCUT2D eigenvalue weighted by molar-refractivity contribution is 5.91. The molecule has 0 aliphatic rings. The third kappa shape index (κ3) is 4.98. The van der Waals surface area contributed by atoms with E-state index < -0.39 is 40.6 Å². The normalized spacial score (nSPS) is 11.2. The Labute approximate surface area is 194 Å². The molecule has 0 aliphatic carbocycles. The third-order valence-corrected chi connectivity index (χ3v) is 4.68. The van der Waals surface area contributed by atoms with Crippen LogP contribution in [-0.2, 0) is 10.9 Å². The Morgan fingerprint density at radius 3 is 2.29 bits per heavy atom. The first-order valence-electron chi connectivity index (χ1n) is 9.84. The van der Waals surface area contributed by atoms with Crippen LogP contribution in [0.4, 0.5) is 13.2 Å². The van der Waals surface area contributed by atoms with Gasteiger partial charge in [0.05, 0.1) is 23.6 Å². The van der Waals surface area contributed by atoms with Gasteiger partial charge in [0, 0.05) is 18.5 Å². The van der Waals surface area contributed by atoms with E-state index in [1.165, 1.54) is 62.0 Å². The fourth-order valence-electron chi connectivity index (χ4n) is 3.04. The fraction of sp³-hybridized carbons (Fsp3) is 0.0833. The number of pyridine rings is 1. The van der Waals surface area contributed by atoms with Gasteiger partial charge in [0.15, 0.2) is 0 Å². The van der Waals surface area contributed by atoms with Gasteiger partial charge in [-0.2, -0.15) is 13.2 Å². The molecule has 0 saturated carbocycles. The van der Waals surface area contributed by atoms with Crippen LogP contribution in [0.2, 0.25) is 0 Å². The number of rotatable bonds is 5. The molecule has 35 heavy (non-hydrogen) atoms. The minimum Gasteiger partial charge on any atom is -0.465 e. The highest BCUT2D eigenvalue weighted by Crippen LogP contribution is 2.38. The van der Waals surface area contributed by atoms with Crippen molar-refractivity contribution in [3.63, 3.8) is 0 Å². The average Bonchev–Trinajstić information content (AvgIpc) is 2.85. The molecule has 0 N–H and O–H groups in total. The number of methoxy groups -OCH3 is 1. The summed E-state index contributed by atoms with van der Waals surface area (Å²) >= 11 is 0. The maximum absolute atomic E-state index is 13.7. The molecule has 0 atom stereocenters. The number of carbonyl (C=O) groups is 2. The molecular weight excluding hydrogens is 471 g/mol. The molecule has 0 amide bonds. The van der Waals surface area contributed by atoms with Gasteiger partial charge in [-0.1, -0.05) is 0 Å². The van der Waals surface area contributed by atoms with Gasteiger partial charge in [0.2, 0.25) is 11.2 Å². The zero-order valence-electron chi connectivity index (χ0n) is 17.8. The molecule has 0 saturated heterocycles. The summed E-state index contributed by atoms with van der Waals surface area (Å²) in [5.74, 6) is -4.51. The molecule has 0 unspecified atom stereocenters. The highest BCUT2D eigenvalue weighted by Gasteiger charge is 2.40. The lowest BCUT2D eigenvalue weighted by molar-refractivity contribution is -0.154. The van der Waals surface area contributed by atoms with Crippen LogP contribution in [0.25, 0.3) is 11.0 Å². The number of benzene rings is 2. The topological polar surface area (TPSA) is 105 Å². The lowest BCUT2D eigenvalue weighted by Crippen LogP contribution is -2.15. The molecule has 2 heterocycles. The van der Waals surface area contributed by atoms with E-state index in [1.54, 1.807) is 0 Å². The first-order chi connectivity index (χ1) is 16.7. The lowest BCUT2D eigenvalue weighted by atomic mass is 10.2. The van der Waals surface area contributed by atoms with E-state index in [0.717, 1.165) is 12.1 Å². The number of nitrogens with zero attached hydrogens (tertiary/aromatic N) is 1. The van der Waals surface area contributed by atoms with Crippen LogP contribution in [0.5, 0.6) is 17.2 Å². The monoisotopic (exact) mass is 485 g/mol. The van der Waals surface area contributed by atoms with E-state index in [9.17, 15) is 27.6 Å². The summed E-state index contributed by atoms with van der Waals surface area (Å²) in [4.78, 5) is 40.4. The molecule has 4 aromatic rings. The maximum Gasteiger partial charge on any atom is 0.453 e. The highest BCUT2D eigenvalue weighted by atomic mass is 19.4. The fourth-order valence-corrected chi connectivity index (χ4v) is 3.04. The van der Waals surface area contributed by atoms with Gasteiger partial charge in [-0.05, 0) is 48.5 Å².